The summed E-state index contributed by atoms with van der Waals surface area (Å²) in [5.41, 5.74) is 0. The Kier molecular flexibility index (Phi) is 4.08. The van der Waals surface area contributed by atoms with Crippen LogP contribution in [-0.4, -0.2) is 13.2 Å². The summed E-state index contributed by atoms with van der Waals surface area (Å²) in [7, 11) is 0. The van der Waals surface area contributed by atoms with Crippen LogP contribution < -0.4 is 0 Å². The van der Waals surface area contributed by atoms with E-state index in [0.717, 1.165) is 25.6 Å². The molecule has 0 aliphatic carbocycles. The van der Waals surface area contributed by atoms with Crippen molar-refractivity contribution in [2.24, 2.45) is 5.92 Å². The van der Waals surface area contributed by atoms with Crippen molar-refractivity contribution in [2.45, 2.75) is 26.2 Å². The van der Waals surface area contributed by atoms with Crippen LogP contribution in [-0.2, 0) is 4.74 Å². The molecule has 0 saturated carbocycles. The number of rotatable bonds is 2. The lowest BCUT2D eigenvalue weighted by Crippen LogP contribution is -2.15. The average molecular weight is 151 g/mol. The molecule has 0 amide bonds. The van der Waals surface area contributed by atoms with Crippen LogP contribution in [0.15, 0.2) is 0 Å². The third-order valence-corrected chi connectivity index (χ3v) is 2.04. The van der Waals surface area contributed by atoms with E-state index in [1.54, 1.807) is 0 Å². The summed E-state index contributed by atoms with van der Waals surface area (Å²) in [5, 5.41) is 0. The Balaban J connectivity index is 2.08. The first-order chi connectivity index (χ1) is 5.43. The molecule has 1 saturated heterocycles. The minimum Gasteiger partial charge on any atom is -0.381 e. The molecule has 61 valence electrons. The maximum Gasteiger partial charge on any atom is 0.0468 e. The van der Waals surface area contributed by atoms with Gasteiger partial charge in [0, 0.05) is 19.6 Å². The van der Waals surface area contributed by atoms with Crippen LogP contribution in [0.4, 0.5) is 0 Å². The molecule has 11 heavy (non-hydrogen) atoms. The first-order valence-electron chi connectivity index (χ1n) is 4.25. The zero-order chi connectivity index (χ0) is 7.94. The van der Waals surface area contributed by atoms with Crippen molar-refractivity contribution in [1.29, 1.82) is 0 Å². The van der Waals surface area contributed by atoms with Crippen LogP contribution in [0.5, 0.6) is 0 Å². The zero-order valence-corrected chi connectivity index (χ0v) is 7.10. The third kappa shape index (κ3) is 3.43. The van der Waals surface area contributed by atoms with Crippen molar-refractivity contribution in [2.75, 3.05) is 13.2 Å². The maximum atomic E-state index is 5.26. The van der Waals surface area contributed by atoms with Crippen LogP contribution >= 0.6 is 0 Å². The normalized spacial score (nSPS) is 19.0. The van der Waals surface area contributed by atoms with Crippen LogP contribution in [0.3, 0.4) is 0 Å². The molecule has 1 radical (unpaired) electrons. The Labute approximate surface area is 69.1 Å². The lowest BCUT2D eigenvalue weighted by Gasteiger charge is -2.20. The van der Waals surface area contributed by atoms with E-state index in [1.807, 2.05) is 6.92 Å². The highest BCUT2D eigenvalue weighted by Crippen LogP contribution is 2.18. The van der Waals surface area contributed by atoms with Crippen LogP contribution in [0.1, 0.15) is 26.2 Å². The quantitative estimate of drug-likeness (QED) is 0.549. The fourth-order valence-electron chi connectivity index (χ4n) is 1.31. The lowest BCUT2D eigenvalue weighted by molar-refractivity contribution is 0.0666. The first-order valence-corrected chi connectivity index (χ1v) is 4.25. The molecule has 0 aromatic heterocycles. The van der Waals surface area contributed by atoms with Gasteiger partial charge in [-0.3, -0.25) is 0 Å². The second kappa shape index (κ2) is 5.21. The van der Waals surface area contributed by atoms with Crippen molar-refractivity contribution < 1.29 is 4.74 Å². The molecule has 0 spiro atoms. The number of ether oxygens (including phenoxy) is 1. The molecule has 1 heteroatoms. The van der Waals surface area contributed by atoms with Gasteiger partial charge in [0.15, 0.2) is 0 Å². The van der Waals surface area contributed by atoms with Crippen molar-refractivity contribution in [3.63, 3.8) is 0 Å². The van der Waals surface area contributed by atoms with E-state index >= 15 is 0 Å². The molecule has 0 atom stereocenters. The summed E-state index contributed by atoms with van der Waals surface area (Å²) in [6.07, 6.45) is 5.64. The zero-order valence-electron chi connectivity index (χ0n) is 7.10. The second-order valence-electron chi connectivity index (χ2n) is 2.89. The molecule has 0 N–H and O–H groups in total. The van der Waals surface area contributed by atoms with Crippen molar-refractivity contribution >= 4 is 0 Å². The minimum absolute atomic E-state index is 0.824. The van der Waals surface area contributed by atoms with Crippen molar-refractivity contribution in [1.82, 2.24) is 0 Å². The molecular weight excluding hydrogens is 136 g/mol. The summed E-state index contributed by atoms with van der Waals surface area (Å²) >= 11 is 0. The van der Waals surface area contributed by atoms with E-state index in [0.29, 0.717) is 0 Å². The monoisotopic (exact) mass is 151 g/mol. The van der Waals surface area contributed by atoms with Crippen LogP contribution in [0.2, 0.25) is 0 Å². The van der Waals surface area contributed by atoms with Gasteiger partial charge in [0.05, 0.1) is 0 Å². The second-order valence-corrected chi connectivity index (χ2v) is 2.89. The summed E-state index contributed by atoms with van der Waals surface area (Å²) in [6.45, 7) is 3.76. The van der Waals surface area contributed by atoms with Gasteiger partial charge in [0.25, 0.3) is 0 Å². The Morgan fingerprint density at radius 1 is 1.45 bits per heavy atom. The summed E-state index contributed by atoms with van der Waals surface area (Å²) < 4.78 is 5.26. The number of hydrogen-bond donors (Lipinski definition) is 0. The Morgan fingerprint density at radius 2 is 2.18 bits per heavy atom. The van der Waals surface area contributed by atoms with Gasteiger partial charge in [0.2, 0.25) is 0 Å². The minimum atomic E-state index is 0.824. The molecule has 0 aromatic rings. The summed E-state index contributed by atoms with van der Waals surface area (Å²) in [6, 6.07) is 0. The summed E-state index contributed by atoms with van der Waals surface area (Å²) in [4.78, 5) is 0. The van der Waals surface area contributed by atoms with E-state index < -0.39 is 0 Å². The highest BCUT2D eigenvalue weighted by molar-refractivity contribution is 5.07. The molecular formula is C10H15O. The summed E-state index contributed by atoms with van der Waals surface area (Å²) in [5.74, 6) is 6.67. The van der Waals surface area contributed by atoms with Crippen molar-refractivity contribution in [3.8, 4) is 11.8 Å². The fraction of sp³-hybridized carbons (Fsp3) is 0.700. The van der Waals surface area contributed by atoms with Crippen LogP contribution in [0, 0.1) is 24.2 Å². The maximum absolute atomic E-state index is 5.26. The van der Waals surface area contributed by atoms with Gasteiger partial charge >= 0.3 is 0 Å². The van der Waals surface area contributed by atoms with E-state index in [-0.39, 0.29) is 0 Å². The fourth-order valence-corrected chi connectivity index (χ4v) is 1.31. The van der Waals surface area contributed by atoms with E-state index in [2.05, 4.69) is 18.3 Å². The lowest BCUT2D eigenvalue weighted by atomic mass is 9.95. The Hall–Kier alpha value is -0.480. The van der Waals surface area contributed by atoms with Crippen molar-refractivity contribution in [3.05, 3.63) is 6.42 Å². The van der Waals surface area contributed by atoms with Gasteiger partial charge in [-0.05, 0) is 32.1 Å². The van der Waals surface area contributed by atoms with Gasteiger partial charge < -0.3 is 4.74 Å². The van der Waals surface area contributed by atoms with E-state index in [1.165, 1.54) is 12.8 Å². The highest BCUT2D eigenvalue weighted by Gasteiger charge is 2.12. The first kappa shape index (κ1) is 8.62. The molecule has 0 unspecified atom stereocenters. The standard InChI is InChI=1S/C10H15O/c1-2-3-4-5-10-6-8-11-9-7-10/h4,10H,5-9H2,1H3. The number of hydrogen-bond acceptors (Lipinski definition) is 1. The Bertz CT molecular complexity index is 146. The largest absolute Gasteiger partial charge is 0.381 e. The molecule has 1 aliphatic heterocycles. The van der Waals surface area contributed by atoms with E-state index in [9.17, 15) is 0 Å². The highest BCUT2D eigenvalue weighted by atomic mass is 16.5. The average Bonchev–Trinajstić information content (AvgIpc) is 2.07. The molecule has 0 bridgehead atoms. The molecule has 1 nitrogen and oxygen atoms in total. The van der Waals surface area contributed by atoms with Gasteiger partial charge in [-0.25, -0.2) is 0 Å². The molecule has 1 fully saturated rings. The molecule has 1 heterocycles. The molecule has 1 aliphatic rings. The molecule has 1 rings (SSSR count). The Morgan fingerprint density at radius 3 is 2.82 bits per heavy atom. The van der Waals surface area contributed by atoms with Gasteiger partial charge in [0.1, 0.15) is 0 Å². The SMILES string of the molecule is CC#C[CH]CC1CCOCC1. The van der Waals surface area contributed by atoms with Gasteiger partial charge in [-0.1, -0.05) is 5.92 Å². The van der Waals surface area contributed by atoms with Gasteiger partial charge in [-0.15, -0.1) is 5.92 Å². The van der Waals surface area contributed by atoms with E-state index in [4.69, 9.17) is 4.74 Å². The van der Waals surface area contributed by atoms with Crippen LogP contribution in [0.25, 0.3) is 0 Å². The molecule has 0 aromatic carbocycles. The topological polar surface area (TPSA) is 9.23 Å². The third-order valence-electron chi connectivity index (χ3n) is 2.04. The smallest absolute Gasteiger partial charge is 0.0468 e. The predicted molar refractivity (Wildman–Crippen MR) is 45.9 cm³/mol. The van der Waals surface area contributed by atoms with Gasteiger partial charge in [-0.2, -0.15) is 0 Å². The predicted octanol–water partition coefficient (Wildman–Crippen LogP) is 2.03.